The average Bonchev–Trinajstić information content (AvgIpc) is 3.25. The molecule has 0 unspecified atom stereocenters. The Labute approximate surface area is 130 Å². The number of aliphatic hydroxyl groups excluding tert-OH is 1. The second-order valence-electron chi connectivity index (χ2n) is 6.34. The minimum absolute atomic E-state index is 0.0606. The monoisotopic (exact) mass is 298 g/mol. The Hall–Kier alpha value is -2.07. The van der Waals surface area contributed by atoms with E-state index in [1.807, 2.05) is 24.3 Å². The zero-order valence-electron chi connectivity index (χ0n) is 13.1. The van der Waals surface area contributed by atoms with Gasteiger partial charge in [-0.15, -0.1) is 0 Å². The first-order chi connectivity index (χ1) is 10.5. The fourth-order valence-electron chi connectivity index (χ4n) is 2.77. The Bertz CT molecular complexity index is 662. The van der Waals surface area contributed by atoms with Gasteiger partial charge in [-0.05, 0) is 63.1 Å². The van der Waals surface area contributed by atoms with Gasteiger partial charge in [-0.25, -0.2) is 0 Å². The molecule has 2 aromatic rings. The molecule has 1 aliphatic rings. The number of rotatable bonds is 5. The molecule has 0 bridgehead atoms. The number of benzene rings is 1. The van der Waals surface area contributed by atoms with Gasteiger partial charge in [0.15, 0.2) is 0 Å². The molecular formula is C18H22N2O2. The lowest BCUT2D eigenvalue weighted by molar-refractivity contribution is 0.0935. The molecule has 0 saturated heterocycles. The van der Waals surface area contributed by atoms with Crippen molar-refractivity contribution in [2.75, 3.05) is 13.2 Å². The van der Waals surface area contributed by atoms with Crippen LogP contribution < -0.4 is 5.32 Å². The average molecular weight is 298 g/mol. The lowest BCUT2D eigenvalue weighted by atomic mass is 10.1. The summed E-state index contributed by atoms with van der Waals surface area (Å²) in [5.74, 6) is -0.0766. The Kier molecular flexibility index (Phi) is 3.79. The molecule has 0 spiro atoms. The molecule has 1 amide bonds. The van der Waals surface area contributed by atoms with Crippen molar-refractivity contribution in [3.63, 3.8) is 0 Å². The summed E-state index contributed by atoms with van der Waals surface area (Å²) >= 11 is 0. The van der Waals surface area contributed by atoms with Crippen molar-refractivity contribution in [2.24, 2.45) is 5.41 Å². The number of hydrogen-bond donors (Lipinski definition) is 2. The van der Waals surface area contributed by atoms with Crippen LogP contribution in [0.5, 0.6) is 0 Å². The van der Waals surface area contributed by atoms with Crippen LogP contribution in [0.25, 0.3) is 5.69 Å². The van der Waals surface area contributed by atoms with Crippen LogP contribution in [0.15, 0.2) is 36.4 Å². The lowest BCUT2D eigenvalue weighted by Gasteiger charge is -2.13. The number of hydrogen-bond acceptors (Lipinski definition) is 2. The SMILES string of the molecule is Cc1ccc(C)n1-c1ccc(C(=O)NCC2(CO)CC2)cc1. The summed E-state index contributed by atoms with van der Waals surface area (Å²) < 4.78 is 2.16. The molecule has 1 aliphatic carbocycles. The van der Waals surface area contributed by atoms with E-state index in [0.29, 0.717) is 12.1 Å². The van der Waals surface area contributed by atoms with Crippen molar-refractivity contribution in [2.45, 2.75) is 26.7 Å². The van der Waals surface area contributed by atoms with E-state index in [9.17, 15) is 9.90 Å². The number of amides is 1. The Morgan fingerprint density at radius 1 is 1.14 bits per heavy atom. The molecule has 0 atom stereocenters. The van der Waals surface area contributed by atoms with Gasteiger partial charge in [-0.2, -0.15) is 0 Å². The highest BCUT2D eigenvalue weighted by atomic mass is 16.3. The van der Waals surface area contributed by atoms with E-state index in [4.69, 9.17) is 0 Å². The van der Waals surface area contributed by atoms with Gasteiger partial charge in [-0.3, -0.25) is 4.79 Å². The number of aliphatic hydroxyl groups is 1. The molecule has 4 nitrogen and oxygen atoms in total. The van der Waals surface area contributed by atoms with Gasteiger partial charge < -0.3 is 15.0 Å². The first-order valence-corrected chi connectivity index (χ1v) is 7.69. The van der Waals surface area contributed by atoms with Crippen LogP contribution in [0.2, 0.25) is 0 Å². The zero-order chi connectivity index (χ0) is 15.7. The first kappa shape index (κ1) is 14.9. The zero-order valence-corrected chi connectivity index (χ0v) is 13.1. The normalized spacial score (nSPS) is 15.6. The standard InChI is InChI=1S/C18H22N2O2/c1-13-3-4-14(2)20(13)16-7-5-15(6-8-16)17(22)19-11-18(12-21)9-10-18/h3-8,21H,9-12H2,1-2H3,(H,19,22). The minimum Gasteiger partial charge on any atom is -0.396 e. The molecule has 0 radical (unpaired) electrons. The topological polar surface area (TPSA) is 54.3 Å². The van der Waals surface area contributed by atoms with E-state index in [2.05, 4.69) is 35.9 Å². The highest BCUT2D eigenvalue weighted by Crippen LogP contribution is 2.44. The fourth-order valence-corrected chi connectivity index (χ4v) is 2.77. The largest absolute Gasteiger partial charge is 0.396 e. The number of nitrogens with one attached hydrogen (secondary N) is 1. The van der Waals surface area contributed by atoms with E-state index >= 15 is 0 Å². The van der Waals surface area contributed by atoms with Crippen molar-refractivity contribution in [1.29, 1.82) is 0 Å². The number of carbonyl (C=O) groups is 1. The minimum atomic E-state index is -0.0766. The van der Waals surface area contributed by atoms with Gasteiger partial charge in [0, 0.05) is 34.6 Å². The molecule has 116 valence electrons. The molecule has 1 aromatic carbocycles. The maximum atomic E-state index is 12.2. The second kappa shape index (κ2) is 5.61. The summed E-state index contributed by atoms with van der Waals surface area (Å²) in [5.41, 5.74) is 4.00. The third-order valence-corrected chi connectivity index (χ3v) is 4.58. The van der Waals surface area contributed by atoms with E-state index in [1.165, 1.54) is 11.4 Å². The lowest BCUT2D eigenvalue weighted by Crippen LogP contribution is -2.31. The third-order valence-electron chi connectivity index (χ3n) is 4.58. The molecular weight excluding hydrogens is 276 g/mol. The summed E-state index contributed by atoms with van der Waals surface area (Å²) in [6, 6.07) is 11.8. The van der Waals surface area contributed by atoms with Gasteiger partial charge in [0.2, 0.25) is 0 Å². The molecule has 1 fully saturated rings. The third kappa shape index (κ3) is 2.79. The molecule has 1 saturated carbocycles. The van der Waals surface area contributed by atoms with Gasteiger partial charge in [0.1, 0.15) is 0 Å². The Morgan fingerprint density at radius 2 is 1.73 bits per heavy atom. The number of carbonyl (C=O) groups excluding carboxylic acids is 1. The second-order valence-corrected chi connectivity index (χ2v) is 6.34. The van der Waals surface area contributed by atoms with Crippen molar-refractivity contribution in [1.82, 2.24) is 9.88 Å². The molecule has 1 heterocycles. The van der Waals surface area contributed by atoms with Crippen molar-refractivity contribution in [3.8, 4) is 5.69 Å². The molecule has 3 rings (SSSR count). The quantitative estimate of drug-likeness (QED) is 0.891. The molecule has 1 aromatic heterocycles. The van der Waals surface area contributed by atoms with E-state index in [-0.39, 0.29) is 17.9 Å². The predicted molar refractivity (Wildman–Crippen MR) is 86.3 cm³/mol. The number of aromatic nitrogens is 1. The van der Waals surface area contributed by atoms with E-state index in [1.54, 1.807) is 0 Å². The van der Waals surface area contributed by atoms with Crippen molar-refractivity contribution < 1.29 is 9.90 Å². The van der Waals surface area contributed by atoms with Crippen molar-refractivity contribution >= 4 is 5.91 Å². The molecule has 2 N–H and O–H groups in total. The number of aryl methyl sites for hydroxylation is 2. The Balaban J connectivity index is 1.70. The van der Waals surface area contributed by atoms with Crippen LogP contribution in [-0.2, 0) is 0 Å². The Morgan fingerprint density at radius 3 is 2.23 bits per heavy atom. The molecule has 22 heavy (non-hydrogen) atoms. The van der Waals surface area contributed by atoms with E-state index < -0.39 is 0 Å². The summed E-state index contributed by atoms with van der Waals surface area (Å²) in [5, 5.41) is 12.2. The van der Waals surface area contributed by atoms with Crippen LogP contribution >= 0.6 is 0 Å². The molecule has 4 heteroatoms. The van der Waals surface area contributed by atoms with Crippen LogP contribution in [0.3, 0.4) is 0 Å². The smallest absolute Gasteiger partial charge is 0.251 e. The van der Waals surface area contributed by atoms with Gasteiger partial charge in [-0.1, -0.05) is 0 Å². The van der Waals surface area contributed by atoms with Gasteiger partial charge in [0.25, 0.3) is 5.91 Å². The summed E-state index contributed by atoms with van der Waals surface area (Å²) in [6.45, 7) is 4.84. The summed E-state index contributed by atoms with van der Waals surface area (Å²) in [7, 11) is 0. The molecule has 0 aliphatic heterocycles. The van der Waals surface area contributed by atoms with Crippen LogP contribution in [0, 0.1) is 19.3 Å². The predicted octanol–water partition coefficient (Wildman–Crippen LogP) is 2.60. The van der Waals surface area contributed by atoms with Gasteiger partial charge >= 0.3 is 0 Å². The van der Waals surface area contributed by atoms with Crippen molar-refractivity contribution in [3.05, 3.63) is 53.3 Å². The van der Waals surface area contributed by atoms with E-state index in [0.717, 1.165) is 18.5 Å². The highest BCUT2D eigenvalue weighted by molar-refractivity contribution is 5.94. The number of nitrogens with zero attached hydrogens (tertiary/aromatic N) is 1. The maximum absolute atomic E-state index is 12.2. The maximum Gasteiger partial charge on any atom is 0.251 e. The first-order valence-electron chi connectivity index (χ1n) is 7.69. The van der Waals surface area contributed by atoms with Crippen LogP contribution in [0.1, 0.15) is 34.6 Å². The highest BCUT2D eigenvalue weighted by Gasteiger charge is 2.42. The summed E-state index contributed by atoms with van der Waals surface area (Å²) in [6.07, 6.45) is 1.99. The van der Waals surface area contributed by atoms with Crippen LogP contribution in [0.4, 0.5) is 0 Å². The van der Waals surface area contributed by atoms with Gasteiger partial charge in [0.05, 0.1) is 6.61 Å². The fraction of sp³-hybridized carbons (Fsp3) is 0.389. The summed E-state index contributed by atoms with van der Waals surface area (Å²) in [4.78, 5) is 12.2. The van der Waals surface area contributed by atoms with Crippen LogP contribution in [-0.4, -0.2) is 28.7 Å².